The summed E-state index contributed by atoms with van der Waals surface area (Å²) >= 11 is 0. The molecule has 6 heteroatoms. The summed E-state index contributed by atoms with van der Waals surface area (Å²) in [6.07, 6.45) is 1.93. The van der Waals surface area contributed by atoms with Gasteiger partial charge in [0.25, 0.3) is 5.91 Å². The predicted octanol–water partition coefficient (Wildman–Crippen LogP) is 1.83. The van der Waals surface area contributed by atoms with Gasteiger partial charge in [-0.05, 0) is 44.5 Å². The highest BCUT2D eigenvalue weighted by Crippen LogP contribution is 2.11. The maximum atomic E-state index is 12.0. The van der Waals surface area contributed by atoms with Crippen LogP contribution in [-0.2, 0) is 9.53 Å². The SMILES string of the molecule is C=CC[C@H](NNC(=O)c1ccc(OCC)cc1)C(=O)OCC. The molecule has 0 radical (unpaired) electrons. The van der Waals surface area contributed by atoms with Gasteiger partial charge < -0.3 is 9.47 Å². The summed E-state index contributed by atoms with van der Waals surface area (Å²) in [4.78, 5) is 23.7. The third-order valence-corrected chi connectivity index (χ3v) is 2.76. The second kappa shape index (κ2) is 9.57. The first-order chi connectivity index (χ1) is 10.6. The van der Waals surface area contributed by atoms with Crippen molar-refractivity contribution in [3.05, 3.63) is 42.5 Å². The van der Waals surface area contributed by atoms with Crippen molar-refractivity contribution in [3.63, 3.8) is 0 Å². The van der Waals surface area contributed by atoms with E-state index in [0.29, 0.717) is 24.3 Å². The van der Waals surface area contributed by atoms with Crippen molar-refractivity contribution in [1.82, 2.24) is 10.9 Å². The molecule has 0 aliphatic heterocycles. The number of carbonyl (C=O) groups is 2. The van der Waals surface area contributed by atoms with Gasteiger partial charge in [-0.1, -0.05) is 6.08 Å². The van der Waals surface area contributed by atoms with Crippen LogP contribution in [0.5, 0.6) is 5.75 Å². The molecule has 120 valence electrons. The van der Waals surface area contributed by atoms with E-state index in [0.717, 1.165) is 0 Å². The van der Waals surface area contributed by atoms with Crippen molar-refractivity contribution in [2.24, 2.45) is 0 Å². The summed E-state index contributed by atoms with van der Waals surface area (Å²) < 4.78 is 10.2. The quantitative estimate of drug-likeness (QED) is 0.413. The maximum Gasteiger partial charge on any atom is 0.325 e. The Hall–Kier alpha value is -2.34. The van der Waals surface area contributed by atoms with Crippen LogP contribution in [0.2, 0.25) is 0 Å². The van der Waals surface area contributed by atoms with Gasteiger partial charge in [0.15, 0.2) is 0 Å². The number of hydrazine groups is 1. The first-order valence-electron chi connectivity index (χ1n) is 7.18. The fourth-order valence-electron chi connectivity index (χ4n) is 1.72. The molecule has 1 atom stereocenters. The average Bonchev–Trinajstić information content (AvgIpc) is 2.52. The highest BCUT2D eigenvalue weighted by atomic mass is 16.5. The Labute approximate surface area is 130 Å². The lowest BCUT2D eigenvalue weighted by Gasteiger charge is -2.16. The van der Waals surface area contributed by atoms with Gasteiger partial charge in [0.1, 0.15) is 11.8 Å². The zero-order valence-electron chi connectivity index (χ0n) is 12.9. The average molecular weight is 306 g/mol. The van der Waals surface area contributed by atoms with Crippen LogP contribution < -0.4 is 15.6 Å². The molecule has 1 rings (SSSR count). The van der Waals surface area contributed by atoms with Crippen LogP contribution in [0.4, 0.5) is 0 Å². The first-order valence-corrected chi connectivity index (χ1v) is 7.18. The number of rotatable bonds is 9. The van der Waals surface area contributed by atoms with Crippen LogP contribution in [0.25, 0.3) is 0 Å². The van der Waals surface area contributed by atoms with Gasteiger partial charge in [0.05, 0.1) is 13.2 Å². The smallest absolute Gasteiger partial charge is 0.325 e. The highest BCUT2D eigenvalue weighted by molar-refractivity contribution is 5.94. The lowest BCUT2D eigenvalue weighted by atomic mass is 10.2. The fourth-order valence-corrected chi connectivity index (χ4v) is 1.72. The summed E-state index contributed by atoms with van der Waals surface area (Å²) in [5, 5.41) is 0. The van der Waals surface area contributed by atoms with Gasteiger partial charge in [-0.25, -0.2) is 5.43 Å². The first kappa shape index (κ1) is 17.7. The molecule has 0 aliphatic carbocycles. The number of carbonyl (C=O) groups excluding carboxylic acids is 2. The molecule has 1 amide bonds. The summed E-state index contributed by atoms with van der Waals surface area (Å²) in [5.41, 5.74) is 5.62. The predicted molar refractivity (Wildman–Crippen MR) is 83.4 cm³/mol. The largest absolute Gasteiger partial charge is 0.494 e. The molecule has 0 unspecified atom stereocenters. The second-order valence-corrected chi connectivity index (χ2v) is 4.38. The number of ether oxygens (including phenoxy) is 2. The molecule has 0 saturated carbocycles. The van der Waals surface area contributed by atoms with E-state index in [1.807, 2.05) is 6.92 Å². The van der Waals surface area contributed by atoms with Gasteiger partial charge in [0, 0.05) is 5.56 Å². The molecule has 1 aromatic rings. The third kappa shape index (κ3) is 5.57. The van der Waals surface area contributed by atoms with E-state index in [4.69, 9.17) is 9.47 Å². The molecule has 0 aromatic heterocycles. The van der Waals surface area contributed by atoms with Crippen LogP contribution in [-0.4, -0.2) is 31.1 Å². The minimum atomic E-state index is -0.663. The molecule has 1 aromatic carbocycles. The minimum Gasteiger partial charge on any atom is -0.494 e. The van der Waals surface area contributed by atoms with Crippen molar-refractivity contribution in [1.29, 1.82) is 0 Å². The monoisotopic (exact) mass is 306 g/mol. The minimum absolute atomic E-state index is 0.279. The number of esters is 1. The van der Waals surface area contributed by atoms with Gasteiger partial charge in [-0.2, -0.15) is 0 Å². The summed E-state index contributed by atoms with van der Waals surface area (Å²) in [6, 6.07) is 6.06. The fraction of sp³-hybridized carbons (Fsp3) is 0.375. The Balaban J connectivity index is 2.58. The molecule has 0 fully saturated rings. The van der Waals surface area contributed by atoms with E-state index in [1.54, 1.807) is 37.3 Å². The van der Waals surface area contributed by atoms with Crippen LogP contribution in [0.1, 0.15) is 30.6 Å². The highest BCUT2D eigenvalue weighted by Gasteiger charge is 2.18. The number of hydrogen-bond donors (Lipinski definition) is 2. The van der Waals surface area contributed by atoms with Gasteiger partial charge in [-0.3, -0.25) is 15.0 Å². The standard InChI is InChI=1S/C16H22N2O4/c1-4-7-14(16(20)22-6-3)17-18-15(19)12-8-10-13(11-9-12)21-5-2/h4,8-11,14,17H,1,5-7H2,2-3H3,(H,18,19)/t14-/m0/s1. The molecular weight excluding hydrogens is 284 g/mol. The van der Waals surface area contributed by atoms with Crippen molar-refractivity contribution in [2.45, 2.75) is 26.3 Å². The molecule has 0 aliphatic rings. The van der Waals surface area contributed by atoms with Crippen molar-refractivity contribution >= 4 is 11.9 Å². The maximum absolute atomic E-state index is 12.0. The number of nitrogens with one attached hydrogen (secondary N) is 2. The molecule has 2 N–H and O–H groups in total. The van der Waals surface area contributed by atoms with E-state index in [9.17, 15) is 9.59 Å². The molecule has 0 spiro atoms. The van der Waals surface area contributed by atoms with E-state index < -0.39 is 12.0 Å². The van der Waals surface area contributed by atoms with Gasteiger partial charge in [0.2, 0.25) is 0 Å². The van der Waals surface area contributed by atoms with Crippen LogP contribution in [0.3, 0.4) is 0 Å². The second-order valence-electron chi connectivity index (χ2n) is 4.38. The van der Waals surface area contributed by atoms with Crippen molar-refractivity contribution in [3.8, 4) is 5.75 Å². The Morgan fingerprint density at radius 1 is 1.23 bits per heavy atom. The summed E-state index contributed by atoms with van der Waals surface area (Å²) in [7, 11) is 0. The number of benzene rings is 1. The van der Waals surface area contributed by atoms with Gasteiger partial charge in [-0.15, -0.1) is 6.58 Å². The van der Waals surface area contributed by atoms with E-state index in [-0.39, 0.29) is 12.5 Å². The Morgan fingerprint density at radius 3 is 2.45 bits per heavy atom. The Morgan fingerprint density at radius 2 is 1.91 bits per heavy atom. The lowest BCUT2D eigenvalue weighted by Crippen LogP contribution is -2.48. The Kier molecular flexibility index (Phi) is 7.70. The molecule has 22 heavy (non-hydrogen) atoms. The normalized spacial score (nSPS) is 11.4. The lowest BCUT2D eigenvalue weighted by molar-refractivity contribution is -0.145. The number of hydrogen-bond acceptors (Lipinski definition) is 5. The van der Waals surface area contributed by atoms with Crippen molar-refractivity contribution < 1.29 is 19.1 Å². The third-order valence-electron chi connectivity index (χ3n) is 2.76. The molecule has 0 heterocycles. The van der Waals surface area contributed by atoms with Gasteiger partial charge >= 0.3 is 5.97 Å². The molecule has 0 bridgehead atoms. The molecular formula is C16H22N2O4. The zero-order chi connectivity index (χ0) is 16.4. The van der Waals surface area contributed by atoms with E-state index in [2.05, 4.69) is 17.4 Å². The zero-order valence-corrected chi connectivity index (χ0v) is 12.9. The summed E-state index contributed by atoms with van der Waals surface area (Å²) in [6.45, 7) is 8.04. The molecule has 6 nitrogen and oxygen atoms in total. The van der Waals surface area contributed by atoms with E-state index in [1.165, 1.54) is 0 Å². The van der Waals surface area contributed by atoms with Crippen LogP contribution in [0.15, 0.2) is 36.9 Å². The van der Waals surface area contributed by atoms with Crippen molar-refractivity contribution in [2.75, 3.05) is 13.2 Å². The van der Waals surface area contributed by atoms with Crippen LogP contribution in [0, 0.1) is 0 Å². The topological polar surface area (TPSA) is 76.7 Å². The summed E-state index contributed by atoms with van der Waals surface area (Å²) in [5.74, 6) is -0.0844. The van der Waals surface area contributed by atoms with Crippen LogP contribution >= 0.6 is 0 Å². The number of amides is 1. The van der Waals surface area contributed by atoms with E-state index >= 15 is 0 Å². The molecule has 0 saturated heterocycles. The Bertz CT molecular complexity index is 499.